The van der Waals surface area contributed by atoms with Crippen molar-refractivity contribution in [2.75, 3.05) is 0 Å². The van der Waals surface area contributed by atoms with Gasteiger partial charge in [-0.25, -0.2) is 4.98 Å². The van der Waals surface area contributed by atoms with E-state index in [1.165, 1.54) is 6.92 Å². The molecule has 0 saturated carbocycles. The number of carbonyl (C=O) groups is 1. The molecule has 0 bridgehead atoms. The molecule has 3 heterocycles. The molecule has 7 nitrogen and oxygen atoms in total. The highest BCUT2D eigenvalue weighted by Gasteiger charge is 2.21. The van der Waals surface area contributed by atoms with Crippen LogP contribution in [0.3, 0.4) is 0 Å². The minimum absolute atomic E-state index is 0.0112. The number of Topliss-reactive ketones (excluding diaryl/α,β-unsaturated/α-hetero) is 1. The number of fused-ring (bicyclic) bond motifs is 2. The van der Waals surface area contributed by atoms with Gasteiger partial charge in [0.2, 0.25) is 0 Å². The molecule has 0 aliphatic heterocycles. The molecule has 5 rings (SSSR count). The number of carbonyl (C=O) groups excluding carboxylic acids is 1. The minimum Gasteiger partial charge on any atom is -0.506 e. The first-order valence-corrected chi connectivity index (χ1v) is 10.8. The Hall–Kier alpha value is -3.65. The molecule has 5 aromatic rings. The number of hydrogen-bond donors (Lipinski definition) is 4. The lowest BCUT2D eigenvalue weighted by molar-refractivity contribution is -0.118. The number of benzene rings is 2. The quantitative estimate of drug-likeness (QED) is 0.276. The van der Waals surface area contributed by atoms with E-state index < -0.39 is 0 Å². The lowest BCUT2D eigenvalue weighted by Gasteiger charge is -2.12. The summed E-state index contributed by atoms with van der Waals surface area (Å²) in [5.74, 6) is -0.281. The third-order valence-electron chi connectivity index (χ3n) is 5.90. The maximum Gasteiger partial charge on any atom is 0.275 e. The zero-order valence-electron chi connectivity index (χ0n) is 17.3. The van der Waals surface area contributed by atoms with Crippen LogP contribution >= 0.6 is 15.9 Å². The van der Waals surface area contributed by atoms with Gasteiger partial charge >= 0.3 is 0 Å². The Morgan fingerprint density at radius 1 is 1.12 bits per heavy atom. The van der Waals surface area contributed by atoms with E-state index in [4.69, 9.17) is 0 Å². The SMILES string of the molecule is CC(=O)[C@@H](C)c1ccc(O)c2[nH]cc(-c3cnc(-c4c[nH]c5cc(Br)ccc45)c(=O)[nH]3)c12. The second-order valence-electron chi connectivity index (χ2n) is 7.83. The Kier molecular flexibility index (Phi) is 4.74. The average molecular weight is 491 g/mol. The second-order valence-corrected chi connectivity index (χ2v) is 8.74. The van der Waals surface area contributed by atoms with Crippen molar-refractivity contribution >= 4 is 43.5 Å². The van der Waals surface area contributed by atoms with E-state index in [2.05, 4.69) is 35.9 Å². The third kappa shape index (κ3) is 3.15. The van der Waals surface area contributed by atoms with Gasteiger partial charge in [0.25, 0.3) is 5.56 Å². The van der Waals surface area contributed by atoms with Crippen molar-refractivity contribution in [1.82, 2.24) is 19.9 Å². The Bertz CT molecular complexity index is 1580. The van der Waals surface area contributed by atoms with E-state index in [0.29, 0.717) is 33.4 Å². The molecule has 2 aromatic carbocycles. The van der Waals surface area contributed by atoms with Crippen molar-refractivity contribution in [2.24, 2.45) is 0 Å². The fraction of sp³-hybridized carbons (Fsp3) is 0.125. The molecular formula is C24H19BrN4O3. The maximum absolute atomic E-state index is 13.0. The van der Waals surface area contributed by atoms with Gasteiger partial charge in [-0.05, 0) is 30.7 Å². The Morgan fingerprint density at radius 2 is 1.91 bits per heavy atom. The van der Waals surface area contributed by atoms with Crippen LogP contribution in [0.1, 0.15) is 25.3 Å². The topological polar surface area (TPSA) is 115 Å². The van der Waals surface area contributed by atoms with E-state index in [1.54, 1.807) is 30.7 Å². The van der Waals surface area contributed by atoms with E-state index in [9.17, 15) is 14.7 Å². The number of phenolic OH excluding ortho intramolecular Hbond substituents is 1. The highest BCUT2D eigenvalue weighted by atomic mass is 79.9. The van der Waals surface area contributed by atoms with Gasteiger partial charge in [-0.15, -0.1) is 0 Å². The summed E-state index contributed by atoms with van der Waals surface area (Å²) >= 11 is 3.45. The lowest BCUT2D eigenvalue weighted by atomic mass is 9.92. The van der Waals surface area contributed by atoms with Gasteiger partial charge in [0.1, 0.15) is 17.2 Å². The average Bonchev–Trinajstić information content (AvgIpc) is 3.38. The highest BCUT2D eigenvalue weighted by Crippen LogP contribution is 2.38. The number of aromatic hydroxyl groups is 1. The predicted octanol–water partition coefficient (Wildman–Crippen LogP) is 5.23. The molecule has 4 N–H and O–H groups in total. The second kappa shape index (κ2) is 7.49. The fourth-order valence-electron chi connectivity index (χ4n) is 4.08. The first-order valence-electron chi connectivity index (χ1n) is 10.0. The monoisotopic (exact) mass is 490 g/mol. The first-order chi connectivity index (χ1) is 15.3. The van der Waals surface area contributed by atoms with Crippen molar-refractivity contribution in [3.63, 3.8) is 0 Å². The van der Waals surface area contributed by atoms with Crippen molar-refractivity contribution in [1.29, 1.82) is 0 Å². The van der Waals surface area contributed by atoms with Crippen LogP contribution in [0.4, 0.5) is 0 Å². The third-order valence-corrected chi connectivity index (χ3v) is 6.39. The van der Waals surface area contributed by atoms with Gasteiger partial charge in [-0.1, -0.05) is 35.0 Å². The van der Waals surface area contributed by atoms with Crippen molar-refractivity contribution in [3.8, 4) is 28.3 Å². The minimum atomic E-state index is -0.364. The van der Waals surface area contributed by atoms with Gasteiger partial charge in [0.05, 0.1) is 17.4 Å². The van der Waals surface area contributed by atoms with Gasteiger partial charge in [-0.3, -0.25) is 9.59 Å². The lowest BCUT2D eigenvalue weighted by Crippen LogP contribution is -2.12. The number of ketones is 1. The van der Waals surface area contributed by atoms with E-state index >= 15 is 0 Å². The molecule has 160 valence electrons. The summed E-state index contributed by atoms with van der Waals surface area (Å²) in [4.78, 5) is 38.7. The molecule has 0 fully saturated rings. The van der Waals surface area contributed by atoms with Crippen LogP contribution in [0.15, 0.2) is 58.2 Å². The zero-order chi connectivity index (χ0) is 22.6. The molecule has 0 spiro atoms. The summed E-state index contributed by atoms with van der Waals surface area (Å²) in [7, 11) is 0. The number of aromatic amines is 3. The maximum atomic E-state index is 13.0. The molecular weight excluding hydrogens is 472 g/mol. The van der Waals surface area contributed by atoms with Gasteiger partial charge < -0.3 is 20.1 Å². The first kappa shape index (κ1) is 20.3. The molecule has 0 amide bonds. The number of aromatic nitrogens is 4. The number of phenols is 1. The van der Waals surface area contributed by atoms with Gasteiger partial charge in [0, 0.05) is 50.2 Å². The summed E-state index contributed by atoms with van der Waals surface area (Å²) in [5, 5.41) is 11.9. The number of nitrogens with one attached hydrogen (secondary N) is 3. The predicted molar refractivity (Wildman–Crippen MR) is 128 cm³/mol. The number of hydrogen-bond acceptors (Lipinski definition) is 4. The van der Waals surface area contributed by atoms with Crippen LogP contribution < -0.4 is 5.56 Å². The standard InChI is InChI=1S/C24H19BrN4O3/c1-11(12(2)30)14-5-6-20(31)23-21(14)17(9-27-23)19-10-28-22(24(32)29-19)16-8-26-18-7-13(25)3-4-15(16)18/h3-11,26-27,31H,1-2H3,(H,29,32)/t11-/m1/s1. The Labute approximate surface area is 190 Å². The molecule has 0 saturated heterocycles. The van der Waals surface area contributed by atoms with Gasteiger partial charge in [0.15, 0.2) is 0 Å². The van der Waals surface area contributed by atoms with E-state index in [-0.39, 0.29) is 23.0 Å². The normalized spacial score (nSPS) is 12.5. The summed E-state index contributed by atoms with van der Waals surface area (Å²) in [6.45, 7) is 3.36. The van der Waals surface area contributed by atoms with Crippen LogP contribution in [0.5, 0.6) is 5.75 Å². The molecule has 0 unspecified atom stereocenters. The zero-order valence-corrected chi connectivity index (χ0v) is 18.9. The molecule has 8 heteroatoms. The molecule has 0 aliphatic carbocycles. The summed E-state index contributed by atoms with van der Waals surface area (Å²) in [6, 6.07) is 9.09. The van der Waals surface area contributed by atoms with E-state index in [1.807, 2.05) is 25.1 Å². The van der Waals surface area contributed by atoms with Crippen LogP contribution in [-0.4, -0.2) is 30.8 Å². The van der Waals surface area contributed by atoms with Crippen molar-refractivity contribution < 1.29 is 9.90 Å². The van der Waals surface area contributed by atoms with Crippen LogP contribution in [-0.2, 0) is 4.79 Å². The Morgan fingerprint density at radius 3 is 2.66 bits per heavy atom. The number of nitrogens with zero attached hydrogens (tertiary/aromatic N) is 1. The number of rotatable bonds is 4. The van der Waals surface area contributed by atoms with Crippen molar-refractivity contribution in [3.05, 3.63) is 69.3 Å². The molecule has 1 atom stereocenters. The van der Waals surface area contributed by atoms with Crippen LogP contribution in [0.25, 0.3) is 44.3 Å². The largest absolute Gasteiger partial charge is 0.506 e. The number of H-pyrrole nitrogens is 3. The van der Waals surface area contributed by atoms with E-state index in [0.717, 1.165) is 20.9 Å². The van der Waals surface area contributed by atoms with Crippen LogP contribution in [0, 0.1) is 0 Å². The van der Waals surface area contributed by atoms with Crippen LogP contribution in [0.2, 0.25) is 0 Å². The van der Waals surface area contributed by atoms with Gasteiger partial charge in [-0.2, -0.15) is 0 Å². The molecule has 0 aliphatic rings. The smallest absolute Gasteiger partial charge is 0.275 e. The highest BCUT2D eigenvalue weighted by molar-refractivity contribution is 9.10. The summed E-state index contributed by atoms with van der Waals surface area (Å²) < 4.78 is 0.939. The molecule has 32 heavy (non-hydrogen) atoms. The van der Waals surface area contributed by atoms with Crippen molar-refractivity contribution in [2.45, 2.75) is 19.8 Å². The molecule has 3 aromatic heterocycles. The number of halogens is 1. The fourth-order valence-corrected chi connectivity index (χ4v) is 4.44. The summed E-state index contributed by atoms with van der Waals surface area (Å²) in [5.41, 5.74) is 4.03. The Balaban J connectivity index is 1.67. The molecule has 0 radical (unpaired) electrons. The summed E-state index contributed by atoms with van der Waals surface area (Å²) in [6.07, 6.45) is 5.07.